The van der Waals surface area contributed by atoms with Gasteiger partial charge < -0.3 is 15.6 Å². The summed E-state index contributed by atoms with van der Waals surface area (Å²) >= 11 is 0. The van der Waals surface area contributed by atoms with E-state index < -0.39 is 30.2 Å². The number of H-pyrrole nitrogens is 1. The Labute approximate surface area is 160 Å². The normalized spacial score (nSPS) is 15.4. The Morgan fingerprint density at radius 1 is 1.36 bits per heavy atom. The van der Waals surface area contributed by atoms with Crippen molar-refractivity contribution < 1.29 is 20.8 Å². The number of anilines is 1. The summed E-state index contributed by atoms with van der Waals surface area (Å²) in [4.78, 5) is 27.9. The van der Waals surface area contributed by atoms with E-state index in [1.165, 1.54) is 12.3 Å². The molecule has 0 aromatic carbocycles. The maximum absolute atomic E-state index is 13.6. The zero-order valence-corrected chi connectivity index (χ0v) is 14.7. The minimum Gasteiger partial charge on any atom is -0.356 e. The number of carbonyl (C=O) groups is 1. The van der Waals surface area contributed by atoms with Crippen LogP contribution in [-0.2, 0) is 4.79 Å². The number of nitrogens with zero attached hydrogens (tertiary/aromatic N) is 3. The summed E-state index contributed by atoms with van der Waals surface area (Å²) in [7, 11) is 0. The van der Waals surface area contributed by atoms with Crippen molar-refractivity contribution in [3.63, 3.8) is 0 Å². The molecule has 4 rings (SSSR count). The van der Waals surface area contributed by atoms with Gasteiger partial charge in [0.1, 0.15) is 22.8 Å². The van der Waals surface area contributed by atoms with Crippen molar-refractivity contribution in [2.24, 2.45) is 0 Å². The van der Waals surface area contributed by atoms with Gasteiger partial charge in [0.05, 0.1) is 12.7 Å². The second kappa shape index (κ2) is 7.10. The number of halogens is 3. The highest BCUT2D eigenvalue weighted by Gasteiger charge is 2.44. The molecular weight excluding hydrogens is 373 g/mol. The van der Waals surface area contributed by atoms with Crippen molar-refractivity contribution in [3.05, 3.63) is 36.5 Å². The number of amides is 1. The maximum atomic E-state index is 13.6. The summed E-state index contributed by atoms with van der Waals surface area (Å²) in [5, 5.41) is 5.87. The molecular formula is C18H21F3N6O. The van der Waals surface area contributed by atoms with Crippen molar-refractivity contribution in [3.8, 4) is 11.4 Å². The second-order valence-corrected chi connectivity index (χ2v) is 6.68. The van der Waals surface area contributed by atoms with Crippen LogP contribution in [0.25, 0.3) is 22.4 Å². The molecule has 0 unspecified atom stereocenters. The number of hydrogen-bond acceptors (Lipinski definition) is 5. The Morgan fingerprint density at radius 2 is 2.18 bits per heavy atom. The Morgan fingerprint density at radius 3 is 2.89 bits per heavy atom. The van der Waals surface area contributed by atoms with Crippen LogP contribution in [0.5, 0.6) is 0 Å². The zero-order chi connectivity index (χ0) is 19.7. The molecule has 0 aliphatic heterocycles. The Kier molecular flexibility index (Phi) is 4.62. The number of alkyl halides is 2. The van der Waals surface area contributed by atoms with E-state index in [1.807, 2.05) is 0 Å². The van der Waals surface area contributed by atoms with Crippen LogP contribution in [0.2, 0.25) is 0 Å². The Bertz CT molecular complexity index is 1030. The fourth-order valence-corrected chi connectivity index (χ4v) is 3.24. The fourth-order valence-electron chi connectivity index (χ4n) is 3.24. The van der Waals surface area contributed by atoms with E-state index in [0.29, 0.717) is 41.1 Å². The first-order valence-electron chi connectivity index (χ1n) is 8.77. The van der Waals surface area contributed by atoms with Crippen LogP contribution in [0, 0.1) is 5.82 Å². The molecule has 150 valence electrons. The molecule has 0 radical (unpaired) electrons. The summed E-state index contributed by atoms with van der Waals surface area (Å²) in [5.41, 5.74) is 0.102. The lowest BCUT2D eigenvalue weighted by Gasteiger charge is -2.41. The highest BCUT2D eigenvalue weighted by Crippen LogP contribution is 2.35. The van der Waals surface area contributed by atoms with Crippen molar-refractivity contribution in [2.75, 3.05) is 11.9 Å². The molecule has 1 aliphatic rings. The minimum atomic E-state index is -2.61. The first-order valence-corrected chi connectivity index (χ1v) is 8.77. The smallest absolute Gasteiger partial charge is 0.255 e. The van der Waals surface area contributed by atoms with Gasteiger partial charge in [-0.1, -0.05) is 0 Å². The Hall–Kier alpha value is -3.17. The van der Waals surface area contributed by atoms with Gasteiger partial charge >= 0.3 is 0 Å². The van der Waals surface area contributed by atoms with Crippen LogP contribution in [-0.4, -0.2) is 44.4 Å². The molecule has 1 aliphatic carbocycles. The summed E-state index contributed by atoms with van der Waals surface area (Å²) < 4.78 is 38.4. The van der Waals surface area contributed by atoms with E-state index in [-0.39, 0.29) is 2.85 Å². The van der Waals surface area contributed by atoms with Gasteiger partial charge in [-0.15, -0.1) is 0 Å². The minimum absolute atomic E-state index is 0. The van der Waals surface area contributed by atoms with Crippen LogP contribution >= 0.6 is 0 Å². The van der Waals surface area contributed by atoms with Gasteiger partial charge in [0, 0.05) is 26.2 Å². The van der Waals surface area contributed by atoms with Gasteiger partial charge in [0.2, 0.25) is 5.91 Å². The highest BCUT2D eigenvalue weighted by molar-refractivity contribution is 5.92. The number of nitrogens with one attached hydrogen (secondary N) is 3. The third-order valence-corrected chi connectivity index (χ3v) is 4.82. The SMILES string of the molecule is O=C(NCC(F)F)C1(Nc2ccnc(-c3c[nH]c4ncc(F)cc34)n2)CCC1.[HH].[HH]. The molecule has 3 aromatic rings. The zero-order valence-electron chi connectivity index (χ0n) is 14.7. The first-order chi connectivity index (χ1) is 13.5. The van der Waals surface area contributed by atoms with Gasteiger partial charge in [-0.05, 0) is 31.4 Å². The lowest BCUT2D eigenvalue weighted by atomic mass is 9.76. The van der Waals surface area contributed by atoms with Gasteiger partial charge in [-0.25, -0.2) is 28.1 Å². The number of hydrogen-bond donors (Lipinski definition) is 3. The topological polar surface area (TPSA) is 95.6 Å². The van der Waals surface area contributed by atoms with E-state index in [2.05, 4.69) is 30.6 Å². The number of pyridine rings is 1. The van der Waals surface area contributed by atoms with Crippen LogP contribution in [0.3, 0.4) is 0 Å². The molecule has 3 aromatic heterocycles. The number of aromatic nitrogens is 4. The van der Waals surface area contributed by atoms with E-state index in [9.17, 15) is 18.0 Å². The third kappa shape index (κ3) is 3.37. The van der Waals surface area contributed by atoms with Crippen molar-refractivity contribution in [1.82, 2.24) is 25.3 Å². The molecule has 0 spiro atoms. The van der Waals surface area contributed by atoms with E-state index in [0.717, 1.165) is 12.6 Å². The van der Waals surface area contributed by atoms with E-state index in [1.54, 1.807) is 12.3 Å². The molecule has 1 amide bonds. The van der Waals surface area contributed by atoms with E-state index in [4.69, 9.17) is 0 Å². The standard InChI is InChI=1S/C18H17F3N6O.2H2/c19-10-6-11-12(8-24-15(11)23-7-10)16-22-5-2-14(26-16)27-18(3-1-4-18)17(28)25-9-13(20)21;;/h2,5-8,13H,1,3-4,9H2,(H,23,24)(H,25,28)(H,22,26,27);2*1H. The summed E-state index contributed by atoms with van der Waals surface area (Å²) in [6.45, 7) is -0.689. The quantitative estimate of drug-likeness (QED) is 0.596. The third-order valence-electron chi connectivity index (χ3n) is 4.82. The monoisotopic (exact) mass is 394 g/mol. The number of rotatable bonds is 6. The molecule has 3 N–H and O–H groups in total. The lowest BCUT2D eigenvalue weighted by molar-refractivity contribution is -0.128. The van der Waals surface area contributed by atoms with Crippen LogP contribution in [0.15, 0.2) is 30.7 Å². The van der Waals surface area contributed by atoms with Crippen molar-refractivity contribution >= 4 is 22.8 Å². The molecule has 0 bridgehead atoms. The molecule has 0 atom stereocenters. The van der Waals surface area contributed by atoms with Crippen LogP contribution in [0.4, 0.5) is 19.0 Å². The molecule has 1 saturated carbocycles. The van der Waals surface area contributed by atoms with Gasteiger partial charge in [0.15, 0.2) is 5.82 Å². The molecule has 1 fully saturated rings. The molecule has 10 heteroatoms. The summed E-state index contributed by atoms with van der Waals surface area (Å²) in [5.74, 6) is -0.244. The maximum Gasteiger partial charge on any atom is 0.255 e. The largest absolute Gasteiger partial charge is 0.356 e. The van der Waals surface area contributed by atoms with Gasteiger partial charge in [-0.2, -0.15) is 0 Å². The summed E-state index contributed by atoms with van der Waals surface area (Å²) in [6, 6.07) is 2.93. The first kappa shape index (κ1) is 18.2. The lowest BCUT2D eigenvalue weighted by Crippen LogP contribution is -2.57. The van der Waals surface area contributed by atoms with E-state index >= 15 is 0 Å². The molecule has 7 nitrogen and oxygen atoms in total. The van der Waals surface area contributed by atoms with Gasteiger partial charge in [-0.3, -0.25) is 4.79 Å². The molecule has 3 heterocycles. The highest BCUT2D eigenvalue weighted by atomic mass is 19.3. The second-order valence-electron chi connectivity index (χ2n) is 6.68. The predicted octanol–water partition coefficient (Wildman–Crippen LogP) is 3.37. The van der Waals surface area contributed by atoms with Gasteiger partial charge in [0.25, 0.3) is 6.43 Å². The average Bonchev–Trinajstić information content (AvgIpc) is 3.06. The predicted molar refractivity (Wildman–Crippen MR) is 101 cm³/mol. The van der Waals surface area contributed by atoms with Crippen LogP contribution < -0.4 is 10.6 Å². The molecule has 0 saturated heterocycles. The Balaban J connectivity index is 0.00000160. The average molecular weight is 394 g/mol. The molecule has 28 heavy (non-hydrogen) atoms. The number of carbonyl (C=O) groups excluding carboxylic acids is 1. The van der Waals surface area contributed by atoms with Crippen LogP contribution in [0.1, 0.15) is 22.1 Å². The number of fused-ring (bicyclic) bond motifs is 1. The fraction of sp³-hybridized carbons (Fsp3) is 0.333. The van der Waals surface area contributed by atoms with Crippen molar-refractivity contribution in [1.29, 1.82) is 0 Å². The number of aromatic amines is 1. The summed E-state index contributed by atoms with van der Waals surface area (Å²) in [6.07, 6.45) is 3.49. The van der Waals surface area contributed by atoms with Crippen molar-refractivity contribution in [2.45, 2.75) is 31.2 Å².